The van der Waals surface area contributed by atoms with E-state index in [4.69, 9.17) is 37.0 Å². The van der Waals surface area contributed by atoms with Crippen LogP contribution >= 0.6 is 15.6 Å². The summed E-state index contributed by atoms with van der Waals surface area (Å²) in [6.07, 6.45) is 48.7. The van der Waals surface area contributed by atoms with E-state index in [1.807, 2.05) is 0 Å². The Bertz CT molecular complexity index is 1850. The highest BCUT2D eigenvalue weighted by Gasteiger charge is 2.30. The molecule has 0 aromatic carbocycles. The molecule has 558 valence electrons. The molecule has 17 nitrogen and oxygen atoms in total. The first-order chi connectivity index (χ1) is 45.1. The summed E-state index contributed by atoms with van der Waals surface area (Å²) in [5, 5.41) is 10.6. The number of phosphoric ester groups is 2. The van der Waals surface area contributed by atoms with E-state index in [-0.39, 0.29) is 25.7 Å². The molecule has 0 aliphatic heterocycles. The van der Waals surface area contributed by atoms with Crippen LogP contribution in [0.1, 0.15) is 376 Å². The van der Waals surface area contributed by atoms with E-state index in [9.17, 15) is 43.2 Å². The number of aliphatic hydroxyl groups is 1. The smallest absolute Gasteiger partial charge is 0.462 e. The number of hydrogen-bond donors (Lipinski definition) is 3. The second kappa shape index (κ2) is 64.4. The molecule has 6 atom stereocenters. The van der Waals surface area contributed by atoms with Crippen molar-refractivity contribution in [2.75, 3.05) is 39.6 Å². The predicted octanol–water partition coefficient (Wildman–Crippen LogP) is 21.7. The standard InChI is InChI=1S/C75H146O17P2/c1-9-68(8)54-46-38-29-25-26-32-42-50-58-75(80)92-71(62-86-73(78)56-48-40-34-33-37-45-53-67(6)7)64-90-94(83,84)88-60-69(76)59-87-93(81,82)89-63-70(91-74(79)57-49-41-31-24-20-16-12-14-18-22-28-36-44-52-66(4)5)61-85-72(77)55-47-39-30-23-19-15-11-10-13-17-21-27-35-43-51-65(2)3/h65-71,76H,9-64H2,1-8H3,(H,81,82)(H,83,84)/t68?,69-,70-,71-/m1/s1. The van der Waals surface area contributed by atoms with Gasteiger partial charge in [-0.15, -0.1) is 0 Å². The molecule has 3 N–H and O–H groups in total. The number of carbonyl (C=O) groups is 4. The molecule has 0 saturated heterocycles. The number of unbranched alkanes of at least 4 members (excludes halogenated alkanes) is 37. The summed E-state index contributed by atoms with van der Waals surface area (Å²) < 4.78 is 68.5. The van der Waals surface area contributed by atoms with Crippen molar-refractivity contribution in [3.8, 4) is 0 Å². The Labute approximate surface area is 575 Å². The highest BCUT2D eigenvalue weighted by molar-refractivity contribution is 7.47. The molecule has 3 unspecified atom stereocenters. The molecule has 0 aromatic rings. The molecule has 0 fully saturated rings. The van der Waals surface area contributed by atoms with Gasteiger partial charge in [0.05, 0.1) is 26.4 Å². The lowest BCUT2D eigenvalue weighted by Gasteiger charge is -2.21. The number of carbonyl (C=O) groups excluding carboxylic acids is 4. The van der Waals surface area contributed by atoms with Crippen LogP contribution in [0.3, 0.4) is 0 Å². The Balaban J connectivity index is 5.24. The van der Waals surface area contributed by atoms with Gasteiger partial charge >= 0.3 is 39.5 Å². The summed E-state index contributed by atoms with van der Waals surface area (Å²) in [5.41, 5.74) is 0. The Morgan fingerprint density at radius 1 is 0.298 bits per heavy atom. The summed E-state index contributed by atoms with van der Waals surface area (Å²) in [5.74, 6) is 0.910. The number of phosphoric acid groups is 2. The first-order valence-electron chi connectivity index (χ1n) is 38.7. The number of ether oxygens (including phenoxy) is 4. The van der Waals surface area contributed by atoms with Crippen LogP contribution in [0.15, 0.2) is 0 Å². The molecule has 94 heavy (non-hydrogen) atoms. The molecule has 0 aliphatic carbocycles. The van der Waals surface area contributed by atoms with Gasteiger partial charge in [0.2, 0.25) is 0 Å². The molecule has 0 radical (unpaired) electrons. The third-order valence-corrected chi connectivity index (χ3v) is 19.6. The molecule has 0 bridgehead atoms. The van der Waals surface area contributed by atoms with E-state index in [1.54, 1.807) is 0 Å². The Morgan fingerprint density at radius 3 is 0.755 bits per heavy atom. The van der Waals surface area contributed by atoms with Gasteiger partial charge in [-0.2, -0.15) is 0 Å². The van der Waals surface area contributed by atoms with Crippen molar-refractivity contribution >= 4 is 39.5 Å². The van der Waals surface area contributed by atoms with Crippen LogP contribution in [0.25, 0.3) is 0 Å². The molecule has 19 heteroatoms. The highest BCUT2D eigenvalue weighted by atomic mass is 31.2. The normalized spacial score (nSPS) is 14.4. The summed E-state index contributed by atoms with van der Waals surface area (Å²) in [7, 11) is -9.91. The van der Waals surface area contributed by atoms with E-state index in [0.717, 1.165) is 114 Å². The van der Waals surface area contributed by atoms with Gasteiger partial charge in [-0.25, -0.2) is 9.13 Å². The zero-order valence-electron chi connectivity index (χ0n) is 61.6. The van der Waals surface area contributed by atoms with Gasteiger partial charge < -0.3 is 33.8 Å². The average Bonchev–Trinajstić information content (AvgIpc) is 1.06. The van der Waals surface area contributed by atoms with E-state index >= 15 is 0 Å². The average molecular weight is 1380 g/mol. The van der Waals surface area contributed by atoms with Gasteiger partial charge in [-0.05, 0) is 49.4 Å². The highest BCUT2D eigenvalue weighted by Crippen LogP contribution is 2.45. The largest absolute Gasteiger partial charge is 0.472 e. The van der Waals surface area contributed by atoms with Crippen LogP contribution in [-0.4, -0.2) is 96.7 Å². The minimum Gasteiger partial charge on any atom is -0.462 e. The topological polar surface area (TPSA) is 237 Å². The SMILES string of the molecule is CCC(C)CCCCCCCCCCC(=O)O[C@H](COC(=O)CCCCCCCCC(C)C)COP(=O)(O)OC[C@H](O)COP(=O)(O)OC[C@@H](COC(=O)CCCCCCCCCCCCCCCCC(C)C)OC(=O)CCCCCCCCCCCCCCCC(C)C. The lowest BCUT2D eigenvalue weighted by Crippen LogP contribution is -2.30. The molecule has 0 saturated carbocycles. The summed E-state index contributed by atoms with van der Waals surface area (Å²) >= 11 is 0. The van der Waals surface area contributed by atoms with Crippen LogP contribution < -0.4 is 0 Å². The third kappa shape index (κ3) is 67.3. The summed E-state index contributed by atoms with van der Waals surface area (Å²) in [6, 6.07) is 0. The van der Waals surface area contributed by atoms with Crippen molar-refractivity contribution in [2.45, 2.75) is 395 Å². The third-order valence-electron chi connectivity index (χ3n) is 17.7. The van der Waals surface area contributed by atoms with Crippen molar-refractivity contribution < 1.29 is 80.2 Å². The van der Waals surface area contributed by atoms with Gasteiger partial charge in [0, 0.05) is 25.7 Å². The monoisotopic (exact) mass is 1380 g/mol. The molecule has 0 heterocycles. The second-order valence-electron chi connectivity index (χ2n) is 28.7. The Morgan fingerprint density at radius 2 is 0.511 bits per heavy atom. The van der Waals surface area contributed by atoms with Crippen LogP contribution in [0.4, 0.5) is 0 Å². The first kappa shape index (κ1) is 92.1. The van der Waals surface area contributed by atoms with Crippen molar-refractivity contribution in [1.29, 1.82) is 0 Å². The first-order valence-corrected chi connectivity index (χ1v) is 41.7. The van der Waals surface area contributed by atoms with Crippen molar-refractivity contribution in [1.82, 2.24) is 0 Å². The molecular weight excluding hydrogens is 1230 g/mol. The quantitative estimate of drug-likeness (QED) is 0.0222. The number of aliphatic hydroxyl groups excluding tert-OH is 1. The molecule has 0 aliphatic rings. The lowest BCUT2D eigenvalue weighted by molar-refractivity contribution is -0.161. The van der Waals surface area contributed by atoms with E-state index < -0.39 is 97.5 Å². The Hall–Kier alpha value is -1.94. The van der Waals surface area contributed by atoms with Crippen molar-refractivity contribution in [3.63, 3.8) is 0 Å². The van der Waals surface area contributed by atoms with Gasteiger partial charge in [0.25, 0.3) is 0 Å². The predicted molar refractivity (Wildman–Crippen MR) is 381 cm³/mol. The molecule has 0 spiro atoms. The van der Waals surface area contributed by atoms with Crippen LogP contribution in [0.5, 0.6) is 0 Å². The minimum atomic E-state index is -4.96. The Kier molecular flexibility index (Phi) is 63.1. The molecule has 0 amide bonds. The summed E-state index contributed by atoms with van der Waals surface area (Å²) in [6.45, 7) is 14.1. The fourth-order valence-electron chi connectivity index (χ4n) is 11.3. The van der Waals surface area contributed by atoms with Gasteiger partial charge in [-0.1, -0.05) is 325 Å². The maximum absolute atomic E-state index is 13.1. The second-order valence-corrected chi connectivity index (χ2v) is 31.6. The lowest BCUT2D eigenvalue weighted by atomic mass is 9.99. The zero-order valence-corrected chi connectivity index (χ0v) is 63.4. The van der Waals surface area contributed by atoms with Gasteiger partial charge in [0.1, 0.15) is 19.3 Å². The van der Waals surface area contributed by atoms with E-state index in [2.05, 4.69) is 55.4 Å². The number of rotatable bonds is 72. The van der Waals surface area contributed by atoms with E-state index in [1.165, 1.54) is 173 Å². The fourth-order valence-corrected chi connectivity index (χ4v) is 12.9. The number of hydrogen-bond acceptors (Lipinski definition) is 15. The number of esters is 4. The molecule has 0 rings (SSSR count). The van der Waals surface area contributed by atoms with Crippen LogP contribution in [0.2, 0.25) is 0 Å². The van der Waals surface area contributed by atoms with Crippen LogP contribution in [-0.2, 0) is 65.4 Å². The van der Waals surface area contributed by atoms with Gasteiger partial charge in [0.15, 0.2) is 12.2 Å². The zero-order chi connectivity index (χ0) is 69.6. The minimum absolute atomic E-state index is 0.104. The fraction of sp³-hybridized carbons (Fsp3) is 0.947. The van der Waals surface area contributed by atoms with Crippen LogP contribution in [0, 0.1) is 23.7 Å². The van der Waals surface area contributed by atoms with Crippen molar-refractivity contribution in [2.24, 2.45) is 23.7 Å². The maximum Gasteiger partial charge on any atom is 0.472 e. The van der Waals surface area contributed by atoms with E-state index in [0.29, 0.717) is 31.6 Å². The van der Waals surface area contributed by atoms with Gasteiger partial charge in [-0.3, -0.25) is 37.3 Å². The summed E-state index contributed by atoms with van der Waals surface area (Å²) in [4.78, 5) is 72.7. The molecular formula is C75H146O17P2. The maximum atomic E-state index is 13.1. The molecule has 0 aromatic heterocycles. The van der Waals surface area contributed by atoms with Crippen molar-refractivity contribution in [3.05, 3.63) is 0 Å².